The van der Waals surface area contributed by atoms with Crippen molar-refractivity contribution in [3.8, 4) is 0 Å². The Morgan fingerprint density at radius 2 is 2.15 bits per heavy atom. The van der Waals surface area contributed by atoms with Crippen LogP contribution in [0.5, 0.6) is 0 Å². The van der Waals surface area contributed by atoms with E-state index < -0.39 is 10.9 Å². The SMILES string of the molecule is COC(=O)c1c([N+](=O)[O-])ccc(NC(C)=O)c1CCCOC1CCCCO1. The van der Waals surface area contributed by atoms with Crippen LogP contribution in [0.2, 0.25) is 0 Å². The van der Waals surface area contributed by atoms with E-state index in [0.717, 1.165) is 26.4 Å². The Morgan fingerprint density at radius 1 is 1.37 bits per heavy atom. The van der Waals surface area contributed by atoms with Crippen LogP contribution in [0.4, 0.5) is 11.4 Å². The van der Waals surface area contributed by atoms with E-state index >= 15 is 0 Å². The lowest BCUT2D eigenvalue weighted by molar-refractivity contribution is -0.385. The number of nitro benzene ring substituents is 1. The average molecular weight is 380 g/mol. The highest BCUT2D eigenvalue weighted by Gasteiger charge is 2.27. The van der Waals surface area contributed by atoms with Crippen molar-refractivity contribution in [2.24, 2.45) is 0 Å². The lowest BCUT2D eigenvalue weighted by Crippen LogP contribution is -2.23. The molecule has 27 heavy (non-hydrogen) atoms. The second kappa shape index (κ2) is 9.98. The molecule has 1 aromatic rings. The molecule has 1 aromatic carbocycles. The number of ether oxygens (including phenoxy) is 3. The van der Waals surface area contributed by atoms with Gasteiger partial charge in [-0.2, -0.15) is 0 Å². The van der Waals surface area contributed by atoms with Gasteiger partial charge in [0.25, 0.3) is 5.69 Å². The Labute approximate surface area is 157 Å². The summed E-state index contributed by atoms with van der Waals surface area (Å²) in [6, 6.07) is 2.61. The summed E-state index contributed by atoms with van der Waals surface area (Å²) in [5.41, 5.74) is 0.201. The number of amides is 1. The van der Waals surface area contributed by atoms with Crippen molar-refractivity contribution in [1.82, 2.24) is 0 Å². The van der Waals surface area contributed by atoms with Gasteiger partial charge in [0.05, 0.1) is 18.6 Å². The summed E-state index contributed by atoms with van der Waals surface area (Å²) in [7, 11) is 1.16. The van der Waals surface area contributed by atoms with E-state index in [1.165, 1.54) is 19.1 Å². The number of carbonyl (C=O) groups excluding carboxylic acids is 2. The summed E-state index contributed by atoms with van der Waals surface area (Å²) in [5.74, 6) is -1.16. The fourth-order valence-electron chi connectivity index (χ4n) is 2.99. The van der Waals surface area contributed by atoms with E-state index in [4.69, 9.17) is 14.2 Å². The first-order valence-corrected chi connectivity index (χ1v) is 8.83. The number of hydrogen-bond acceptors (Lipinski definition) is 7. The Hall–Kier alpha value is -2.52. The smallest absolute Gasteiger partial charge is 0.345 e. The van der Waals surface area contributed by atoms with Gasteiger partial charge in [0.1, 0.15) is 5.56 Å². The summed E-state index contributed by atoms with van der Waals surface area (Å²) in [5, 5.41) is 13.9. The minimum absolute atomic E-state index is 0.150. The van der Waals surface area contributed by atoms with Crippen molar-refractivity contribution in [2.75, 3.05) is 25.6 Å². The molecule has 1 N–H and O–H groups in total. The summed E-state index contributed by atoms with van der Waals surface area (Å²) in [6.45, 7) is 2.37. The van der Waals surface area contributed by atoms with E-state index in [-0.39, 0.29) is 23.4 Å². The molecule has 9 heteroatoms. The predicted molar refractivity (Wildman–Crippen MR) is 96.6 cm³/mol. The second-order valence-electron chi connectivity index (χ2n) is 6.19. The van der Waals surface area contributed by atoms with Crippen molar-refractivity contribution in [3.05, 3.63) is 33.4 Å². The van der Waals surface area contributed by atoms with Gasteiger partial charge in [0.2, 0.25) is 5.91 Å². The van der Waals surface area contributed by atoms with Crippen LogP contribution in [0.1, 0.15) is 48.5 Å². The molecule has 0 radical (unpaired) electrons. The number of anilines is 1. The molecule has 1 aliphatic heterocycles. The molecule has 0 aromatic heterocycles. The molecule has 0 bridgehead atoms. The molecule has 9 nitrogen and oxygen atoms in total. The number of hydrogen-bond donors (Lipinski definition) is 1. The maximum absolute atomic E-state index is 12.2. The highest BCUT2D eigenvalue weighted by molar-refractivity contribution is 5.99. The number of nitrogens with zero attached hydrogens (tertiary/aromatic N) is 1. The van der Waals surface area contributed by atoms with Crippen LogP contribution in [-0.4, -0.2) is 43.4 Å². The lowest BCUT2D eigenvalue weighted by atomic mass is 9.98. The third kappa shape index (κ3) is 5.73. The first kappa shape index (κ1) is 20.8. The third-order valence-corrected chi connectivity index (χ3v) is 4.20. The molecule has 1 fully saturated rings. The van der Waals surface area contributed by atoms with Crippen LogP contribution in [-0.2, 0) is 25.4 Å². The average Bonchev–Trinajstić information content (AvgIpc) is 2.65. The van der Waals surface area contributed by atoms with Gasteiger partial charge in [-0.25, -0.2) is 4.79 Å². The standard InChI is InChI=1S/C18H24N2O7/c1-12(21)19-14-8-9-15(20(23)24)17(18(22)25-2)13(14)6-5-11-27-16-7-3-4-10-26-16/h8-9,16H,3-7,10-11H2,1-2H3,(H,19,21). The minimum Gasteiger partial charge on any atom is -0.465 e. The highest BCUT2D eigenvalue weighted by Crippen LogP contribution is 2.31. The number of nitro groups is 1. The topological polar surface area (TPSA) is 117 Å². The van der Waals surface area contributed by atoms with E-state index in [0.29, 0.717) is 37.3 Å². The molecule has 1 atom stereocenters. The van der Waals surface area contributed by atoms with Gasteiger partial charge >= 0.3 is 5.97 Å². The molecular weight excluding hydrogens is 356 g/mol. The van der Waals surface area contributed by atoms with Crippen LogP contribution in [0.3, 0.4) is 0 Å². The molecule has 2 rings (SSSR count). The van der Waals surface area contributed by atoms with Crippen molar-refractivity contribution in [2.45, 2.75) is 45.3 Å². The minimum atomic E-state index is -0.819. The highest BCUT2D eigenvalue weighted by atomic mass is 16.7. The fourth-order valence-corrected chi connectivity index (χ4v) is 2.99. The number of methoxy groups -OCH3 is 1. The quantitative estimate of drug-likeness (QED) is 0.319. The molecule has 0 aliphatic carbocycles. The molecule has 1 saturated heterocycles. The predicted octanol–water partition coefficient (Wildman–Crippen LogP) is 2.82. The molecule has 0 spiro atoms. The van der Waals surface area contributed by atoms with Crippen molar-refractivity contribution < 1.29 is 28.7 Å². The Balaban J connectivity index is 2.20. The normalized spacial score (nSPS) is 16.6. The molecular formula is C18H24N2O7. The molecule has 1 heterocycles. The van der Waals surface area contributed by atoms with Gasteiger partial charge in [-0.05, 0) is 43.7 Å². The number of nitrogens with one attached hydrogen (secondary N) is 1. The fraction of sp³-hybridized carbons (Fsp3) is 0.556. The summed E-state index contributed by atoms with van der Waals surface area (Å²) in [6.07, 6.45) is 3.47. The van der Waals surface area contributed by atoms with Gasteiger partial charge in [-0.15, -0.1) is 0 Å². The van der Waals surface area contributed by atoms with Gasteiger partial charge < -0.3 is 19.5 Å². The first-order chi connectivity index (χ1) is 12.9. The van der Waals surface area contributed by atoms with Crippen molar-refractivity contribution in [1.29, 1.82) is 0 Å². The maximum atomic E-state index is 12.2. The maximum Gasteiger partial charge on any atom is 0.345 e. The Morgan fingerprint density at radius 3 is 2.74 bits per heavy atom. The van der Waals surface area contributed by atoms with Gasteiger partial charge in [-0.1, -0.05) is 0 Å². The second-order valence-corrected chi connectivity index (χ2v) is 6.19. The lowest BCUT2D eigenvalue weighted by Gasteiger charge is -2.22. The van der Waals surface area contributed by atoms with Crippen molar-refractivity contribution >= 4 is 23.3 Å². The summed E-state index contributed by atoms with van der Waals surface area (Å²) >= 11 is 0. The van der Waals surface area contributed by atoms with Crippen LogP contribution in [0.25, 0.3) is 0 Å². The molecule has 1 amide bonds. The molecule has 1 aliphatic rings. The van der Waals surface area contributed by atoms with Crippen LogP contribution in [0.15, 0.2) is 12.1 Å². The molecule has 1 unspecified atom stereocenters. The van der Waals surface area contributed by atoms with Crippen LogP contribution in [0, 0.1) is 10.1 Å². The Bertz CT molecular complexity index is 699. The first-order valence-electron chi connectivity index (χ1n) is 8.83. The van der Waals surface area contributed by atoms with Gasteiger partial charge in [-0.3, -0.25) is 14.9 Å². The Kier molecular flexibility index (Phi) is 7.68. The van der Waals surface area contributed by atoms with Crippen LogP contribution < -0.4 is 5.32 Å². The zero-order valence-corrected chi connectivity index (χ0v) is 15.5. The number of benzene rings is 1. The zero-order valence-electron chi connectivity index (χ0n) is 15.5. The largest absolute Gasteiger partial charge is 0.465 e. The third-order valence-electron chi connectivity index (χ3n) is 4.20. The van der Waals surface area contributed by atoms with E-state index in [1.807, 2.05) is 0 Å². The zero-order chi connectivity index (χ0) is 19.8. The molecule has 0 saturated carbocycles. The molecule has 148 valence electrons. The van der Waals surface area contributed by atoms with Crippen LogP contribution >= 0.6 is 0 Å². The number of esters is 1. The number of rotatable bonds is 8. The van der Waals surface area contributed by atoms with Crippen molar-refractivity contribution in [3.63, 3.8) is 0 Å². The summed E-state index contributed by atoms with van der Waals surface area (Å²) in [4.78, 5) is 34.4. The van der Waals surface area contributed by atoms with Gasteiger partial charge in [0, 0.05) is 25.3 Å². The monoisotopic (exact) mass is 380 g/mol. The van der Waals surface area contributed by atoms with Gasteiger partial charge in [0.15, 0.2) is 6.29 Å². The van der Waals surface area contributed by atoms with E-state index in [2.05, 4.69) is 5.32 Å². The van der Waals surface area contributed by atoms with E-state index in [9.17, 15) is 19.7 Å². The summed E-state index contributed by atoms with van der Waals surface area (Å²) < 4.78 is 15.9. The van der Waals surface area contributed by atoms with E-state index in [1.54, 1.807) is 0 Å². The number of carbonyl (C=O) groups is 2.